The van der Waals surface area contributed by atoms with Crippen molar-refractivity contribution < 1.29 is 19.1 Å². The third-order valence-corrected chi connectivity index (χ3v) is 6.05. The van der Waals surface area contributed by atoms with Crippen molar-refractivity contribution in [2.75, 3.05) is 13.7 Å². The first-order valence-corrected chi connectivity index (χ1v) is 11.3. The molecule has 2 amide bonds. The third-order valence-electron chi connectivity index (χ3n) is 6.05. The van der Waals surface area contributed by atoms with Gasteiger partial charge in [-0.2, -0.15) is 0 Å². The molecule has 2 aromatic rings. The number of nitrogens with one attached hydrogen (secondary N) is 1. The van der Waals surface area contributed by atoms with E-state index in [1.54, 1.807) is 18.9 Å². The Hall–Kier alpha value is -3.02. The topological polar surface area (TPSA) is 67.9 Å². The Kier molecular flexibility index (Phi) is 8.14. The molecule has 0 aliphatic heterocycles. The molecule has 1 aliphatic carbocycles. The van der Waals surface area contributed by atoms with E-state index in [0.717, 1.165) is 42.4 Å². The van der Waals surface area contributed by atoms with Gasteiger partial charge >= 0.3 is 0 Å². The summed E-state index contributed by atoms with van der Waals surface area (Å²) in [7, 11) is 1.61. The number of aryl methyl sites for hydroxylation is 2. The quantitative estimate of drug-likeness (QED) is 0.638. The molecule has 1 saturated carbocycles. The van der Waals surface area contributed by atoms with E-state index in [1.165, 1.54) is 0 Å². The zero-order valence-corrected chi connectivity index (χ0v) is 19.5. The monoisotopic (exact) mass is 438 g/mol. The predicted octanol–water partition coefficient (Wildman–Crippen LogP) is 4.17. The second-order valence-electron chi connectivity index (χ2n) is 8.60. The van der Waals surface area contributed by atoms with Crippen LogP contribution in [0.15, 0.2) is 42.5 Å². The fraction of sp³-hybridized carbons (Fsp3) is 0.462. The SMILES string of the molecule is COc1cccc(CN(C(=O)COc2cc(C)ccc2C)C(C)C(=O)NC2CCCC2)c1. The van der Waals surface area contributed by atoms with Crippen molar-refractivity contribution in [1.82, 2.24) is 10.2 Å². The number of rotatable bonds is 9. The van der Waals surface area contributed by atoms with Gasteiger partial charge in [-0.1, -0.05) is 37.1 Å². The molecule has 1 unspecified atom stereocenters. The van der Waals surface area contributed by atoms with Crippen molar-refractivity contribution in [3.8, 4) is 11.5 Å². The van der Waals surface area contributed by atoms with Crippen molar-refractivity contribution in [2.24, 2.45) is 0 Å². The number of hydrogen-bond acceptors (Lipinski definition) is 4. The van der Waals surface area contributed by atoms with Crippen LogP contribution in [0.3, 0.4) is 0 Å². The van der Waals surface area contributed by atoms with Crippen LogP contribution in [0, 0.1) is 13.8 Å². The number of amides is 2. The van der Waals surface area contributed by atoms with E-state index in [-0.39, 0.29) is 24.5 Å². The number of ether oxygens (including phenoxy) is 2. The van der Waals surface area contributed by atoms with Crippen molar-refractivity contribution in [3.05, 3.63) is 59.2 Å². The summed E-state index contributed by atoms with van der Waals surface area (Å²) in [6.07, 6.45) is 4.26. The molecule has 0 aromatic heterocycles. The van der Waals surface area contributed by atoms with Crippen molar-refractivity contribution in [2.45, 2.75) is 65.1 Å². The highest BCUT2D eigenvalue weighted by Crippen LogP contribution is 2.21. The largest absolute Gasteiger partial charge is 0.497 e. The molecular formula is C26H34N2O4. The van der Waals surface area contributed by atoms with Crippen LogP contribution in [0.25, 0.3) is 0 Å². The molecule has 1 N–H and O–H groups in total. The summed E-state index contributed by atoms with van der Waals surface area (Å²) in [5, 5.41) is 3.11. The molecule has 32 heavy (non-hydrogen) atoms. The van der Waals surface area contributed by atoms with Gasteiger partial charge in [0.15, 0.2) is 6.61 Å². The number of methoxy groups -OCH3 is 1. The lowest BCUT2D eigenvalue weighted by atomic mass is 10.1. The van der Waals surface area contributed by atoms with Gasteiger partial charge in [0.1, 0.15) is 17.5 Å². The Bertz CT molecular complexity index is 937. The minimum atomic E-state index is -0.614. The Morgan fingerprint density at radius 2 is 1.88 bits per heavy atom. The van der Waals surface area contributed by atoms with Gasteiger partial charge in [-0.25, -0.2) is 0 Å². The minimum Gasteiger partial charge on any atom is -0.497 e. The average molecular weight is 439 g/mol. The van der Waals surface area contributed by atoms with E-state index in [1.807, 2.05) is 56.3 Å². The molecule has 0 heterocycles. The summed E-state index contributed by atoms with van der Waals surface area (Å²) in [4.78, 5) is 27.8. The number of nitrogens with zero attached hydrogens (tertiary/aromatic N) is 1. The lowest BCUT2D eigenvalue weighted by Crippen LogP contribution is -2.50. The fourth-order valence-corrected chi connectivity index (χ4v) is 4.03. The molecule has 6 heteroatoms. The van der Waals surface area contributed by atoms with Gasteiger partial charge in [-0.05, 0) is 68.5 Å². The number of carbonyl (C=O) groups excluding carboxylic acids is 2. The number of hydrogen-bond donors (Lipinski definition) is 1. The highest BCUT2D eigenvalue weighted by Gasteiger charge is 2.29. The van der Waals surface area contributed by atoms with Crippen LogP contribution in [0.5, 0.6) is 11.5 Å². The Balaban J connectivity index is 1.75. The lowest BCUT2D eigenvalue weighted by molar-refractivity contribution is -0.142. The highest BCUT2D eigenvalue weighted by atomic mass is 16.5. The summed E-state index contributed by atoms with van der Waals surface area (Å²) >= 11 is 0. The fourth-order valence-electron chi connectivity index (χ4n) is 4.03. The summed E-state index contributed by atoms with van der Waals surface area (Å²) in [6, 6.07) is 13.0. The molecule has 0 spiro atoms. The Morgan fingerprint density at radius 1 is 1.12 bits per heavy atom. The van der Waals surface area contributed by atoms with E-state index in [4.69, 9.17) is 9.47 Å². The van der Waals surface area contributed by atoms with Gasteiger partial charge in [-0.3, -0.25) is 9.59 Å². The first-order valence-electron chi connectivity index (χ1n) is 11.3. The van der Waals surface area contributed by atoms with Crippen LogP contribution in [0.4, 0.5) is 0 Å². The maximum absolute atomic E-state index is 13.2. The van der Waals surface area contributed by atoms with Crippen LogP contribution < -0.4 is 14.8 Å². The standard InChI is InChI=1S/C26H34N2O4/c1-18-12-13-19(2)24(14-18)32-17-25(29)28(16-21-8-7-11-23(15-21)31-4)20(3)26(30)27-22-9-5-6-10-22/h7-8,11-15,20,22H,5-6,9-10,16-17H2,1-4H3,(H,27,30). The first-order chi connectivity index (χ1) is 15.4. The van der Waals surface area contributed by atoms with E-state index in [2.05, 4.69) is 5.32 Å². The van der Waals surface area contributed by atoms with E-state index in [0.29, 0.717) is 18.0 Å². The van der Waals surface area contributed by atoms with Crippen molar-refractivity contribution in [1.29, 1.82) is 0 Å². The molecule has 0 saturated heterocycles. The summed E-state index contributed by atoms with van der Waals surface area (Å²) < 4.78 is 11.2. The molecule has 2 aromatic carbocycles. The van der Waals surface area contributed by atoms with Crippen molar-refractivity contribution >= 4 is 11.8 Å². The normalized spacial score (nSPS) is 14.6. The number of carbonyl (C=O) groups is 2. The highest BCUT2D eigenvalue weighted by molar-refractivity contribution is 5.88. The smallest absolute Gasteiger partial charge is 0.261 e. The average Bonchev–Trinajstić information content (AvgIpc) is 3.30. The molecule has 1 atom stereocenters. The third kappa shape index (κ3) is 6.25. The van der Waals surface area contributed by atoms with Gasteiger partial charge < -0.3 is 19.7 Å². The van der Waals surface area contributed by atoms with E-state index >= 15 is 0 Å². The summed E-state index contributed by atoms with van der Waals surface area (Å²) in [6.45, 7) is 5.88. The predicted molar refractivity (Wildman–Crippen MR) is 125 cm³/mol. The minimum absolute atomic E-state index is 0.125. The molecule has 1 aliphatic rings. The van der Waals surface area contributed by atoms with Crippen LogP contribution in [0.2, 0.25) is 0 Å². The molecule has 1 fully saturated rings. The molecule has 3 rings (SSSR count). The molecule has 6 nitrogen and oxygen atoms in total. The van der Waals surface area contributed by atoms with Gasteiger partial charge in [0.25, 0.3) is 5.91 Å². The van der Waals surface area contributed by atoms with Crippen molar-refractivity contribution in [3.63, 3.8) is 0 Å². The van der Waals surface area contributed by atoms with Crippen LogP contribution in [-0.4, -0.2) is 42.5 Å². The molecular weight excluding hydrogens is 404 g/mol. The maximum Gasteiger partial charge on any atom is 0.261 e. The Morgan fingerprint density at radius 3 is 2.59 bits per heavy atom. The second kappa shape index (κ2) is 11.0. The summed E-state index contributed by atoms with van der Waals surface area (Å²) in [5.41, 5.74) is 2.93. The van der Waals surface area contributed by atoms with Gasteiger partial charge in [0.2, 0.25) is 5.91 Å². The van der Waals surface area contributed by atoms with E-state index < -0.39 is 6.04 Å². The lowest BCUT2D eigenvalue weighted by Gasteiger charge is -2.30. The Labute approximate surface area is 190 Å². The van der Waals surface area contributed by atoms with Crippen LogP contribution >= 0.6 is 0 Å². The zero-order chi connectivity index (χ0) is 23.1. The van der Waals surface area contributed by atoms with Crippen LogP contribution in [-0.2, 0) is 16.1 Å². The molecule has 172 valence electrons. The van der Waals surface area contributed by atoms with Gasteiger partial charge in [0, 0.05) is 12.6 Å². The van der Waals surface area contributed by atoms with Crippen LogP contribution in [0.1, 0.15) is 49.3 Å². The number of benzene rings is 2. The summed E-state index contributed by atoms with van der Waals surface area (Å²) in [5.74, 6) is 1.04. The molecule has 0 radical (unpaired) electrons. The molecule has 0 bridgehead atoms. The first kappa shape index (κ1) is 23.6. The zero-order valence-electron chi connectivity index (χ0n) is 19.5. The second-order valence-corrected chi connectivity index (χ2v) is 8.60. The van der Waals surface area contributed by atoms with Gasteiger partial charge in [0.05, 0.1) is 7.11 Å². The van der Waals surface area contributed by atoms with E-state index in [9.17, 15) is 9.59 Å². The maximum atomic E-state index is 13.2. The van der Waals surface area contributed by atoms with Gasteiger partial charge in [-0.15, -0.1) is 0 Å².